The van der Waals surface area contributed by atoms with Gasteiger partial charge in [0.1, 0.15) is 0 Å². The van der Waals surface area contributed by atoms with Crippen LogP contribution in [0, 0.1) is 0 Å². The molecule has 0 atom stereocenters. The SMILES string of the molecule is [F-].[F-].[F-].[F-].[F-].[P+3].[S+2]. The van der Waals surface area contributed by atoms with Gasteiger partial charge in [-0.3, -0.25) is 0 Å². The molecule has 0 bridgehead atoms. The van der Waals surface area contributed by atoms with Crippen molar-refractivity contribution >= 4 is 23.4 Å². The van der Waals surface area contributed by atoms with Crippen LogP contribution in [-0.2, 0) is 13.5 Å². The van der Waals surface area contributed by atoms with Gasteiger partial charge in [0.25, 0.3) is 0 Å². The summed E-state index contributed by atoms with van der Waals surface area (Å²) < 4.78 is 0. The summed E-state index contributed by atoms with van der Waals surface area (Å²) in [7, 11) is 0. The summed E-state index contributed by atoms with van der Waals surface area (Å²) in [5.74, 6) is 0. The van der Waals surface area contributed by atoms with Crippen molar-refractivity contribution in [2.75, 3.05) is 0 Å². The van der Waals surface area contributed by atoms with Gasteiger partial charge < -0.3 is 23.5 Å². The van der Waals surface area contributed by atoms with Crippen LogP contribution in [0.1, 0.15) is 0 Å². The molecule has 7 heteroatoms. The van der Waals surface area contributed by atoms with Crippen LogP contribution in [0.15, 0.2) is 0 Å². The van der Waals surface area contributed by atoms with Gasteiger partial charge in [0.2, 0.25) is 0 Å². The van der Waals surface area contributed by atoms with Crippen LogP contribution in [0.25, 0.3) is 0 Å². The Bertz CT molecular complexity index is 8.04. The van der Waals surface area contributed by atoms with Crippen LogP contribution in [0.4, 0.5) is 0 Å². The molecule has 0 amide bonds. The Balaban J connectivity index is 0. The van der Waals surface area contributed by atoms with Gasteiger partial charge >= 0.3 is 23.4 Å². The average molecular weight is 158 g/mol. The maximum atomic E-state index is 0. The Hall–Kier alpha value is 0.430. The zero-order valence-electron chi connectivity index (χ0n) is 2.75. The van der Waals surface area contributed by atoms with Gasteiger partial charge in [0.05, 0.1) is 0 Å². The smallest absolute Gasteiger partial charge is 1.00 e. The molecule has 0 aliphatic heterocycles. The van der Waals surface area contributed by atoms with Crippen LogP contribution < -0.4 is 23.5 Å². The minimum Gasteiger partial charge on any atom is -1.00 e. The molecule has 6 radical (unpaired) electrons. The third kappa shape index (κ3) is 682. The molecule has 0 rings (SSSR count). The summed E-state index contributed by atoms with van der Waals surface area (Å²) >= 11 is 0. The monoisotopic (exact) mass is 158 g/mol. The largest absolute Gasteiger partial charge is 3.00 e. The average Bonchev–Trinajstić information content (AvgIpc) is 0. The molecule has 0 heterocycles. The molecule has 0 aromatic heterocycles. The van der Waals surface area contributed by atoms with Gasteiger partial charge in [-0.1, -0.05) is 0 Å². The van der Waals surface area contributed by atoms with Crippen LogP contribution in [0.5, 0.6) is 0 Å². The molecule has 0 spiro atoms. The van der Waals surface area contributed by atoms with E-state index in [1.165, 1.54) is 0 Å². The zero-order chi connectivity index (χ0) is 0. The van der Waals surface area contributed by atoms with Crippen LogP contribution in [0.3, 0.4) is 0 Å². The van der Waals surface area contributed by atoms with Gasteiger partial charge in [-0.2, -0.15) is 0 Å². The second-order valence-electron chi connectivity index (χ2n) is 0. The van der Waals surface area contributed by atoms with Crippen LogP contribution in [-0.4, -0.2) is 0 Å². The molecule has 0 saturated heterocycles. The summed E-state index contributed by atoms with van der Waals surface area (Å²) in [4.78, 5) is 0. The normalized spacial score (nSPS) is 0. The summed E-state index contributed by atoms with van der Waals surface area (Å²) in [5, 5.41) is 0. The molecule has 0 saturated carbocycles. The Labute approximate surface area is 48.0 Å². The van der Waals surface area contributed by atoms with E-state index >= 15 is 0 Å². The molecule has 0 unspecified atom stereocenters. The minimum atomic E-state index is 0. The van der Waals surface area contributed by atoms with Crippen molar-refractivity contribution in [2.45, 2.75) is 0 Å². The minimum absolute atomic E-state index is 0. The predicted molar refractivity (Wildman–Crippen MR) is 14.3 cm³/mol. The second kappa shape index (κ2) is 1030. The standard InChI is InChI=1S/5FH.P.S/h5*1H;;/q;;;;;+3;+2/p-5. The van der Waals surface area contributed by atoms with Crippen molar-refractivity contribution in [2.24, 2.45) is 0 Å². The molecule has 0 aliphatic carbocycles. The van der Waals surface area contributed by atoms with Crippen molar-refractivity contribution in [1.82, 2.24) is 0 Å². The number of hydrogen-bond acceptors (Lipinski definition) is 0. The molecule has 0 fully saturated rings. The molecule has 0 aromatic carbocycles. The maximum absolute atomic E-state index is 0. The van der Waals surface area contributed by atoms with E-state index in [0.29, 0.717) is 0 Å². The Kier molecular flexibility index (Phi) is 243000. The fourth-order valence-corrected chi connectivity index (χ4v) is 0. The predicted octanol–water partition coefficient (Wildman–Crippen LogP) is -14.1. The van der Waals surface area contributed by atoms with E-state index in [-0.39, 0.29) is 46.9 Å². The van der Waals surface area contributed by atoms with Gasteiger partial charge in [-0.15, -0.1) is 0 Å². The Morgan fingerprint density at radius 2 is 0.429 bits per heavy atom. The molecular weight excluding hydrogens is 158 g/mol. The summed E-state index contributed by atoms with van der Waals surface area (Å²) in [6.07, 6.45) is 0. The van der Waals surface area contributed by atoms with Gasteiger partial charge in [0, 0.05) is 0 Å². The molecule has 46 valence electrons. The van der Waals surface area contributed by atoms with E-state index in [1.807, 2.05) is 0 Å². The number of hydrogen-bond donors (Lipinski definition) is 0. The quantitative estimate of drug-likeness (QED) is 0.242. The van der Waals surface area contributed by atoms with E-state index in [0.717, 1.165) is 0 Å². The van der Waals surface area contributed by atoms with E-state index in [4.69, 9.17) is 0 Å². The third-order valence-corrected chi connectivity index (χ3v) is 0. The van der Waals surface area contributed by atoms with E-state index in [2.05, 4.69) is 0 Å². The van der Waals surface area contributed by atoms with Crippen LogP contribution >= 0.6 is 9.90 Å². The number of rotatable bonds is 0. The molecular formula is F5PS. The molecule has 0 aliphatic rings. The Morgan fingerprint density at radius 3 is 0.429 bits per heavy atom. The maximum Gasteiger partial charge on any atom is 3.00 e. The van der Waals surface area contributed by atoms with Crippen molar-refractivity contribution < 1.29 is 23.5 Å². The van der Waals surface area contributed by atoms with E-state index < -0.39 is 0 Å². The number of halogens is 5. The van der Waals surface area contributed by atoms with Gasteiger partial charge in [0.15, 0.2) is 0 Å². The first-order valence-corrected chi connectivity index (χ1v) is 0. The summed E-state index contributed by atoms with van der Waals surface area (Å²) in [6.45, 7) is 0. The zero-order valence-corrected chi connectivity index (χ0v) is 4.46. The topological polar surface area (TPSA) is 0 Å². The fraction of sp³-hybridized carbons (Fsp3) is 0. The third-order valence-electron chi connectivity index (χ3n) is 0. The second-order valence-corrected chi connectivity index (χ2v) is 0. The molecule has 7 heavy (non-hydrogen) atoms. The van der Waals surface area contributed by atoms with E-state index in [9.17, 15) is 0 Å². The van der Waals surface area contributed by atoms with Crippen molar-refractivity contribution in [3.05, 3.63) is 0 Å². The summed E-state index contributed by atoms with van der Waals surface area (Å²) in [5.41, 5.74) is 0. The molecule has 0 aromatic rings. The van der Waals surface area contributed by atoms with Crippen LogP contribution in [0.2, 0.25) is 0 Å². The Morgan fingerprint density at radius 1 is 0.429 bits per heavy atom. The molecule has 0 nitrogen and oxygen atoms in total. The van der Waals surface area contributed by atoms with Crippen molar-refractivity contribution in [1.29, 1.82) is 0 Å². The molecule has 0 N–H and O–H groups in total. The van der Waals surface area contributed by atoms with Gasteiger partial charge in [-0.25, -0.2) is 0 Å². The van der Waals surface area contributed by atoms with Crippen molar-refractivity contribution in [3.63, 3.8) is 0 Å². The summed E-state index contributed by atoms with van der Waals surface area (Å²) in [6, 6.07) is 0. The first kappa shape index (κ1) is 1660. The first-order chi connectivity index (χ1) is 0. The van der Waals surface area contributed by atoms with E-state index in [1.54, 1.807) is 0 Å². The van der Waals surface area contributed by atoms with Gasteiger partial charge in [-0.05, 0) is 0 Å². The fourth-order valence-electron chi connectivity index (χ4n) is 0. The first-order valence-electron chi connectivity index (χ1n) is 0. The van der Waals surface area contributed by atoms with Crippen molar-refractivity contribution in [3.8, 4) is 0 Å².